The fourth-order valence-corrected chi connectivity index (χ4v) is 3.95. The highest BCUT2D eigenvalue weighted by Gasteiger charge is 2.36. The molecule has 0 spiro atoms. The average molecular weight is 336 g/mol. The average Bonchev–Trinajstić information content (AvgIpc) is 2.97. The minimum atomic E-state index is -0.923. The summed E-state index contributed by atoms with van der Waals surface area (Å²) in [5.41, 5.74) is 2.13. The quantitative estimate of drug-likeness (QED) is 0.854. The minimum Gasteiger partial charge on any atom is -0.478 e. The zero-order chi connectivity index (χ0) is 14.1. The van der Waals surface area contributed by atoms with Gasteiger partial charge in [-0.1, -0.05) is 28.4 Å². The predicted octanol–water partition coefficient (Wildman–Crippen LogP) is 3.78. The highest BCUT2D eigenvalue weighted by molar-refractivity contribution is 9.10. The van der Waals surface area contributed by atoms with Crippen molar-refractivity contribution in [1.82, 2.24) is 0 Å². The lowest BCUT2D eigenvalue weighted by molar-refractivity contribution is -0.131. The van der Waals surface area contributed by atoms with E-state index in [1.165, 1.54) is 44.1 Å². The molecular formula is C16H18BrNO2. The molecule has 20 heavy (non-hydrogen) atoms. The van der Waals surface area contributed by atoms with Crippen molar-refractivity contribution in [2.75, 3.05) is 18.0 Å². The molecule has 1 saturated carbocycles. The molecule has 1 heterocycles. The molecule has 1 aromatic carbocycles. The number of halogens is 1. The second-order valence-electron chi connectivity index (χ2n) is 5.73. The number of carboxylic acids is 1. The summed E-state index contributed by atoms with van der Waals surface area (Å²) in [6.07, 6.45) is 6.93. The van der Waals surface area contributed by atoms with E-state index in [0.717, 1.165) is 21.9 Å². The molecule has 4 heteroatoms. The van der Waals surface area contributed by atoms with Crippen LogP contribution in [0, 0.1) is 11.8 Å². The zero-order valence-electron chi connectivity index (χ0n) is 11.3. The molecule has 1 saturated heterocycles. The number of fused-ring (bicyclic) bond motifs is 1. The Morgan fingerprint density at radius 1 is 1.30 bits per heavy atom. The number of hydrogen-bond acceptors (Lipinski definition) is 2. The van der Waals surface area contributed by atoms with Gasteiger partial charge in [0.25, 0.3) is 0 Å². The number of carboxylic acid groups (broad SMARTS) is 1. The molecule has 0 radical (unpaired) electrons. The second-order valence-corrected chi connectivity index (χ2v) is 6.59. The lowest BCUT2D eigenvalue weighted by atomic mass is 10.0. The van der Waals surface area contributed by atoms with Crippen molar-refractivity contribution in [2.45, 2.75) is 19.3 Å². The lowest BCUT2D eigenvalue weighted by Crippen LogP contribution is -2.20. The maximum absolute atomic E-state index is 10.6. The van der Waals surface area contributed by atoms with E-state index in [2.05, 4.69) is 33.0 Å². The summed E-state index contributed by atoms with van der Waals surface area (Å²) < 4.78 is 0.949. The van der Waals surface area contributed by atoms with Crippen LogP contribution in [0.5, 0.6) is 0 Å². The summed E-state index contributed by atoms with van der Waals surface area (Å²) in [6.45, 7) is 2.34. The number of carbonyl (C=O) groups is 1. The molecule has 0 aromatic heterocycles. The van der Waals surface area contributed by atoms with Crippen LogP contribution in [-0.2, 0) is 4.79 Å². The van der Waals surface area contributed by atoms with Crippen molar-refractivity contribution in [3.8, 4) is 0 Å². The van der Waals surface area contributed by atoms with Crippen LogP contribution in [0.15, 0.2) is 28.7 Å². The normalized spacial score (nSPS) is 25.4. The van der Waals surface area contributed by atoms with Crippen LogP contribution < -0.4 is 4.90 Å². The van der Waals surface area contributed by atoms with Crippen molar-refractivity contribution in [2.24, 2.45) is 11.8 Å². The van der Waals surface area contributed by atoms with Gasteiger partial charge >= 0.3 is 5.97 Å². The van der Waals surface area contributed by atoms with Gasteiger partial charge in [0.15, 0.2) is 0 Å². The van der Waals surface area contributed by atoms with Crippen LogP contribution in [0.3, 0.4) is 0 Å². The van der Waals surface area contributed by atoms with E-state index in [9.17, 15) is 4.79 Å². The van der Waals surface area contributed by atoms with Gasteiger partial charge in [-0.15, -0.1) is 0 Å². The Morgan fingerprint density at radius 3 is 2.60 bits per heavy atom. The summed E-state index contributed by atoms with van der Waals surface area (Å²) in [5, 5.41) is 8.67. The van der Waals surface area contributed by atoms with Crippen molar-refractivity contribution >= 4 is 33.7 Å². The number of rotatable bonds is 3. The monoisotopic (exact) mass is 335 g/mol. The first kappa shape index (κ1) is 13.7. The van der Waals surface area contributed by atoms with E-state index < -0.39 is 5.97 Å². The van der Waals surface area contributed by atoms with Gasteiger partial charge in [-0.2, -0.15) is 0 Å². The Labute approximate surface area is 127 Å². The Kier molecular flexibility index (Phi) is 3.83. The Balaban J connectivity index is 1.75. The topological polar surface area (TPSA) is 40.5 Å². The summed E-state index contributed by atoms with van der Waals surface area (Å²) in [4.78, 5) is 13.0. The van der Waals surface area contributed by atoms with E-state index in [1.54, 1.807) is 6.08 Å². The third-order valence-electron chi connectivity index (χ3n) is 4.48. The Hall–Kier alpha value is -1.29. The third-order valence-corrected chi connectivity index (χ3v) is 5.17. The lowest BCUT2D eigenvalue weighted by Gasteiger charge is -2.20. The first-order valence-electron chi connectivity index (χ1n) is 7.09. The second kappa shape index (κ2) is 5.60. The molecule has 0 bridgehead atoms. The molecule has 1 aromatic rings. The first-order valence-corrected chi connectivity index (χ1v) is 7.88. The molecule has 2 fully saturated rings. The molecule has 2 aliphatic rings. The molecule has 2 unspecified atom stereocenters. The molecule has 106 valence electrons. The van der Waals surface area contributed by atoms with Gasteiger partial charge in [0.2, 0.25) is 0 Å². The highest BCUT2D eigenvalue weighted by Crippen LogP contribution is 2.40. The largest absolute Gasteiger partial charge is 0.478 e. The third kappa shape index (κ3) is 2.75. The highest BCUT2D eigenvalue weighted by atomic mass is 79.9. The fraction of sp³-hybridized carbons (Fsp3) is 0.438. The summed E-state index contributed by atoms with van der Waals surface area (Å²) in [5.74, 6) is 0.828. The van der Waals surface area contributed by atoms with Gasteiger partial charge in [-0.3, -0.25) is 0 Å². The Morgan fingerprint density at radius 2 is 2.00 bits per heavy atom. The maximum Gasteiger partial charge on any atom is 0.328 e. The summed E-state index contributed by atoms with van der Waals surface area (Å²) >= 11 is 3.53. The van der Waals surface area contributed by atoms with Crippen molar-refractivity contribution in [1.29, 1.82) is 0 Å². The number of hydrogen-bond donors (Lipinski definition) is 1. The molecule has 1 aliphatic heterocycles. The van der Waals surface area contributed by atoms with Gasteiger partial charge in [-0.05, 0) is 48.4 Å². The summed E-state index contributed by atoms with van der Waals surface area (Å²) in [6, 6.07) is 6.17. The van der Waals surface area contributed by atoms with Crippen LogP contribution in [0.2, 0.25) is 0 Å². The smallest absolute Gasteiger partial charge is 0.328 e. The van der Waals surface area contributed by atoms with Gasteiger partial charge < -0.3 is 10.0 Å². The minimum absolute atomic E-state index is 0.875. The predicted molar refractivity (Wildman–Crippen MR) is 83.9 cm³/mol. The van der Waals surface area contributed by atoms with E-state index in [-0.39, 0.29) is 0 Å². The van der Waals surface area contributed by atoms with Crippen molar-refractivity contribution in [3.63, 3.8) is 0 Å². The van der Waals surface area contributed by atoms with Crippen LogP contribution >= 0.6 is 15.9 Å². The van der Waals surface area contributed by atoms with Crippen molar-refractivity contribution < 1.29 is 9.90 Å². The Bertz CT molecular complexity index is 543. The molecule has 3 nitrogen and oxygen atoms in total. The SMILES string of the molecule is O=C(O)/C=C/c1ccc(N2CC3CCCC3C2)cc1Br. The maximum atomic E-state index is 10.6. The van der Waals surface area contributed by atoms with E-state index in [1.807, 2.05) is 6.07 Å². The number of benzene rings is 1. The number of aliphatic carboxylic acids is 1. The number of nitrogens with zero attached hydrogens (tertiary/aromatic N) is 1. The number of anilines is 1. The van der Waals surface area contributed by atoms with Gasteiger partial charge in [0, 0.05) is 29.3 Å². The van der Waals surface area contributed by atoms with Gasteiger partial charge in [0.05, 0.1) is 0 Å². The molecule has 2 atom stereocenters. The molecule has 1 N–H and O–H groups in total. The van der Waals surface area contributed by atoms with Crippen molar-refractivity contribution in [3.05, 3.63) is 34.3 Å². The molecular weight excluding hydrogens is 318 g/mol. The molecule has 3 rings (SSSR count). The van der Waals surface area contributed by atoms with Crippen LogP contribution in [0.25, 0.3) is 6.08 Å². The standard InChI is InChI=1S/C16H18BrNO2/c17-15-8-14(6-4-11(15)5-7-16(19)20)18-9-12-2-1-3-13(12)10-18/h4-8,12-13H,1-3,9-10H2,(H,19,20)/b7-5+. The van der Waals surface area contributed by atoms with Crippen LogP contribution in [0.4, 0.5) is 5.69 Å². The van der Waals surface area contributed by atoms with E-state index in [4.69, 9.17) is 5.11 Å². The summed E-state index contributed by atoms with van der Waals surface area (Å²) in [7, 11) is 0. The van der Waals surface area contributed by atoms with E-state index in [0.29, 0.717) is 0 Å². The van der Waals surface area contributed by atoms with E-state index >= 15 is 0 Å². The molecule has 1 aliphatic carbocycles. The molecule has 0 amide bonds. The zero-order valence-corrected chi connectivity index (χ0v) is 12.8. The van der Waals surface area contributed by atoms with Gasteiger partial charge in [0.1, 0.15) is 0 Å². The van der Waals surface area contributed by atoms with Gasteiger partial charge in [-0.25, -0.2) is 4.79 Å². The fourth-order valence-electron chi connectivity index (χ4n) is 3.45. The first-order chi connectivity index (χ1) is 9.63. The van der Waals surface area contributed by atoms with Crippen LogP contribution in [-0.4, -0.2) is 24.2 Å². The van der Waals surface area contributed by atoms with Crippen LogP contribution in [0.1, 0.15) is 24.8 Å².